The third-order valence-electron chi connectivity index (χ3n) is 6.75. The Hall–Kier alpha value is -1.38. The highest BCUT2D eigenvalue weighted by molar-refractivity contribution is 7.82. The Bertz CT molecular complexity index is 874. The van der Waals surface area contributed by atoms with Crippen molar-refractivity contribution < 1.29 is 0 Å². The fourth-order valence-electron chi connectivity index (χ4n) is 5.55. The maximum Gasteiger partial charge on any atom is 0.0572 e. The van der Waals surface area contributed by atoms with Crippen LogP contribution in [0.2, 0.25) is 5.02 Å². The highest BCUT2D eigenvalue weighted by Crippen LogP contribution is 2.59. The molecule has 1 aliphatic heterocycles. The van der Waals surface area contributed by atoms with Gasteiger partial charge in [0.2, 0.25) is 0 Å². The molecule has 2 aromatic rings. The van der Waals surface area contributed by atoms with Gasteiger partial charge in [-0.15, -0.1) is 0 Å². The second kappa shape index (κ2) is 6.90. The Morgan fingerprint density at radius 2 is 1.85 bits per heavy atom. The summed E-state index contributed by atoms with van der Waals surface area (Å²) >= 11 is 11.4. The van der Waals surface area contributed by atoms with Crippen LogP contribution in [0.25, 0.3) is 0 Å². The third-order valence-corrected chi connectivity index (χ3v) is 7.79. The Labute approximate surface area is 173 Å². The summed E-state index contributed by atoms with van der Waals surface area (Å²) in [4.78, 5) is 0. The highest BCUT2D eigenvalue weighted by atomic mass is 35.5. The lowest BCUT2D eigenvalue weighted by Crippen LogP contribution is -2.43. The van der Waals surface area contributed by atoms with Crippen LogP contribution >= 0.6 is 24.2 Å². The number of aryl methyl sites for hydroxylation is 2. The summed E-state index contributed by atoms with van der Waals surface area (Å²) in [6, 6.07) is 15.7. The lowest BCUT2D eigenvalue weighted by molar-refractivity contribution is 0.236. The van der Waals surface area contributed by atoms with Crippen LogP contribution in [0, 0.1) is 19.8 Å². The number of hydrogen-bond donors (Lipinski definition) is 2. The molecule has 2 aliphatic rings. The molecule has 1 aliphatic carbocycles. The number of thiol groups is 1. The molecule has 0 aromatic heterocycles. The number of halogens is 1. The predicted octanol–water partition coefficient (Wildman–Crippen LogP) is 6.41. The van der Waals surface area contributed by atoms with E-state index in [9.17, 15) is 0 Å². The Morgan fingerprint density at radius 3 is 2.52 bits per heavy atom. The maximum atomic E-state index is 6.20. The van der Waals surface area contributed by atoms with Crippen molar-refractivity contribution in [1.29, 1.82) is 0 Å². The molecular formula is C24H28ClNS. The SMILES string of the molecule is C=C1NC(C)C2C(c3ccc(Cl)cc3)C(c3ccc(C)cc3C)CCC12S. The Morgan fingerprint density at radius 1 is 1.15 bits per heavy atom. The second-order valence-corrected chi connectivity index (χ2v) is 9.68. The van der Waals surface area contributed by atoms with Crippen LogP contribution < -0.4 is 5.32 Å². The standard InChI is InChI=1S/C24H28ClNS/c1-14-5-10-20(15(2)13-14)21-11-12-24(27)17(4)26-16(3)23(24)22(21)18-6-8-19(25)9-7-18/h5-10,13,16,21-23,26-27H,4,11-12H2,1-3H3. The third kappa shape index (κ3) is 3.11. The lowest BCUT2D eigenvalue weighted by atomic mass is 9.60. The molecule has 1 N–H and O–H groups in total. The first kappa shape index (κ1) is 19.0. The monoisotopic (exact) mass is 397 g/mol. The molecule has 0 amide bonds. The van der Waals surface area contributed by atoms with Crippen LogP contribution in [0.4, 0.5) is 0 Å². The van der Waals surface area contributed by atoms with Crippen molar-refractivity contribution in [3.63, 3.8) is 0 Å². The van der Waals surface area contributed by atoms with Gasteiger partial charge in [-0.1, -0.05) is 54.1 Å². The molecule has 0 radical (unpaired) electrons. The highest BCUT2D eigenvalue weighted by Gasteiger charge is 2.55. The van der Waals surface area contributed by atoms with Crippen molar-refractivity contribution in [1.82, 2.24) is 5.32 Å². The van der Waals surface area contributed by atoms with E-state index in [-0.39, 0.29) is 4.75 Å². The smallest absolute Gasteiger partial charge is 0.0572 e. The lowest BCUT2D eigenvalue weighted by Gasteiger charge is -2.47. The minimum atomic E-state index is -0.154. The molecule has 1 heterocycles. The van der Waals surface area contributed by atoms with Gasteiger partial charge in [0.15, 0.2) is 0 Å². The summed E-state index contributed by atoms with van der Waals surface area (Å²) in [6.45, 7) is 11.0. The van der Waals surface area contributed by atoms with Gasteiger partial charge >= 0.3 is 0 Å². The first-order valence-corrected chi connectivity index (χ1v) is 10.6. The minimum Gasteiger partial charge on any atom is -0.385 e. The molecule has 0 spiro atoms. The van der Waals surface area contributed by atoms with Gasteiger partial charge in [-0.3, -0.25) is 0 Å². The minimum absolute atomic E-state index is 0.154. The fourth-order valence-corrected chi connectivity index (χ4v) is 6.25. The van der Waals surface area contributed by atoms with E-state index < -0.39 is 0 Å². The van der Waals surface area contributed by atoms with Gasteiger partial charge in [-0.2, -0.15) is 12.6 Å². The summed E-state index contributed by atoms with van der Waals surface area (Å²) in [5.74, 6) is 1.26. The van der Waals surface area contributed by atoms with Gasteiger partial charge in [-0.05, 0) is 74.3 Å². The largest absolute Gasteiger partial charge is 0.385 e. The van der Waals surface area contributed by atoms with Crippen LogP contribution in [0.1, 0.15) is 53.9 Å². The first-order valence-electron chi connectivity index (χ1n) is 9.82. The van der Waals surface area contributed by atoms with Crippen LogP contribution in [-0.4, -0.2) is 10.8 Å². The van der Waals surface area contributed by atoms with E-state index in [1.165, 1.54) is 22.3 Å². The molecule has 1 nitrogen and oxygen atoms in total. The molecule has 142 valence electrons. The van der Waals surface area contributed by atoms with Gasteiger partial charge in [0.25, 0.3) is 0 Å². The average molecular weight is 398 g/mol. The van der Waals surface area contributed by atoms with Crippen LogP contribution in [0.3, 0.4) is 0 Å². The maximum absolute atomic E-state index is 6.20. The molecule has 1 saturated heterocycles. The van der Waals surface area contributed by atoms with Crippen LogP contribution in [0.5, 0.6) is 0 Å². The average Bonchev–Trinajstić information content (AvgIpc) is 2.85. The summed E-state index contributed by atoms with van der Waals surface area (Å²) < 4.78 is -0.154. The molecule has 1 saturated carbocycles. The zero-order chi connectivity index (χ0) is 19.3. The normalized spacial score (nSPS) is 32.9. The van der Waals surface area contributed by atoms with Crippen molar-refractivity contribution in [2.75, 3.05) is 0 Å². The molecular weight excluding hydrogens is 370 g/mol. The number of benzene rings is 2. The fraction of sp³-hybridized carbons (Fsp3) is 0.417. The molecule has 2 fully saturated rings. The zero-order valence-electron chi connectivity index (χ0n) is 16.3. The molecule has 0 bridgehead atoms. The topological polar surface area (TPSA) is 12.0 Å². The van der Waals surface area contributed by atoms with Gasteiger partial charge < -0.3 is 5.32 Å². The van der Waals surface area contributed by atoms with Crippen LogP contribution in [0.15, 0.2) is 54.7 Å². The second-order valence-electron chi connectivity index (χ2n) is 8.44. The summed E-state index contributed by atoms with van der Waals surface area (Å²) in [5.41, 5.74) is 6.63. The van der Waals surface area contributed by atoms with E-state index in [0.29, 0.717) is 23.8 Å². The number of fused-ring (bicyclic) bond motifs is 1. The van der Waals surface area contributed by atoms with E-state index in [1.807, 2.05) is 12.1 Å². The van der Waals surface area contributed by atoms with Gasteiger partial charge in [-0.25, -0.2) is 0 Å². The zero-order valence-corrected chi connectivity index (χ0v) is 17.9. The Kier molecular flexibility index (Phi) is 4.84. The number of nitrogens with one attached hydrogen (secondary N) is 1. The summed E-state index contributed by atoms with van der Waals surface area (Å²) in [6.07, 6.45) is 2.17. The quantitative estimate of drug-likeness (QED) is 0.558. The van der Waals surface area contributed by atoms with Crippen molar-refractivity contribution >= 4 is 24.2 Å². The van der Waals surface area contributed by atoms with Crippen LogP contribution in [-0.2, 0) is 0 Å². The molecule has 5 unspecified atom stereocenters. The predicted molar refractivity (Wildman–Crippen MR) is 119 cm³/mol. The van der Waals surface area contributed by atoms with E-state index >= 15 is 0 Å². The molecule has 3 heteroatoms. The van der Waals surface area contributed by atoms with Gasteiger partial charge in [0, 0.05) is 22.7 Å². The first-order chi connectivity index (χ1) is 12.8. The molecule has 27 heavy (non-hydrogen) atoms. The molecule has 4 rings (SSSR count). The van der Waals surface area contributed by atoms with Crippen molar-refractivity contribution in [2.24, 2.45) is 5.92 Å². The van der Waals surface area contributed by atoms with Gasteiger partial charge in [0.1, 0.15) is 0 Å². The van der Waals surface area contributed by atoms with E-state index in [1.54, 1.807) is 0 Å². The molecule has 5 atom stereocenters. The van der Waals surface area contributed by atoms with Crippen molar-refractivity contribution in [2.45, 2.75) is 56.2 Å². The number of rotatable bonds is 2. The van der Waals surface area contributed by atoms with Crippen molar-refractivity contribution in [3.05, 3.63) is 82.0 Å². The molecule has 2 aromatic carbocycles. The number of hydrogen-bond acceptors (Lipinski definition) is 2. The van der Waals surface area contributed by atoms with E-state index in [4.69, 9.17) is 24.2 Å². The summed E-state index contributed by atoms with van der Waals surface area (Å²) in [5, 5.41) is 4.40. The summed E-state index contributed by atoms with van der Waals surface area (Å²) in [7, 11) is 0. The van der Waals surface area contributed by atoms with Crippen molar-refractivity contribution in [3.8, 4) is 0 Å². The Balaban J connectivity index is 1.85. The van der Waals surface area contributed by atoms with Gasteiger partial charge in [0.05, 0.1) is 4.75 Å². The van der Waals surface area contributed by atoms with E-state index in [2.05, 4.69) is 63.0 Å². The van der Waals surface area contributed by atoms with E-state index in [0.717, 1.165) is 23.6 Å².